The zero-order valence-corrected chi connectivity index (χ0v) is 36.4. The van der Waals surface area contributed by atoms with E-state index in [0.717, 1.165) is 35.2 Å². The zero-order chi connectivity index (χ0) is 45.0. The summed E-state index contributed by atoms with van der Waals surface area (Å²) < 4.78 is 7.39. The fourth-order valence-corrected chi connectivity index (χ4v) is 7.21. The van der Waals surface area contributed by atoms with Gasteiger partial charge >= 0.3 is 0 Å². The molecule has 16 heteroatoms. The Morgan fingerprint density at radius 2 is 1.54 bits per heavy atom. The lowest BCUT2D eigenvalue weighted by Gasteiger charge is -2.28. The van der Waals surface area contributed by atoms with Gasteiger partial charge in [0.2, 0.25) is 17.7 Å². The van der Waals surface area contributed by atoms with E-state index in [1.807, 2.05) is 68.4 Å². The number of carbonyl (C=O) groups is 5. The Bertz CT molecular complexity index is 2500. The van der Waals surface area contributed by atoms with Gasteiger partial charge in [-0.25, -0.2) is 14.5 Å². The maximum Gasteiger partial charge on any atom is 0.251 e. The number of imidazole rings is 1. The van der Waals surface area contributed by atoms with Gasteiger partial charge in [-0.05, 0) is 94.5 Å². The van der Waals surface area contributed by atoms with E-state index in [2.05, 4.69) is 43.1 Å². The van der Waals surface area contributed by atoms with E-state index in [0.29, 0.717) is 73.7 Å². The minimum absolute atomic E-state index is 0.0908. The number of pyridine rings is 1. The molecule has 1 aliphatic heterocycles. The lowest BCUT2D eigenvalue weighted by atomic mass is 10.0. The molecule has 330 valence electrons. The fourth-order valence-electron chi connectivity index (χ4n) is 7.21. The molecule has 0 aliphatic carbocycles. The van der Waals surface area contributed by atoms with E-state index in [-0.39, 0.29) is 17.6 Å². The van der Waals surface area contributed by atoms with Crippen molar-refractivity contribution in [3.8, 4) is 23.1 Å². The Morgan fingerprint density at radius 1 is 0.810 bits per heavy atom. The van der Waals surface area contributed by atoms with Crippen molar-refractivity contribution in [1.29, 1.82) is 0 Å². The first-order valence-electron chi connectivity index (χ1n) is 21.4. The lowest BCUT2D eigenvalue weighted by Crippen LogP contribution is -2.56. The zero-order valence-electron chi connectivity index (χ0n) is 36.4. The Balaban J connectivity index is 1.07. The first-order valence-corrected chi connectivity index (χ1v) is 21.4. The summed E-state index contributed by atoms with van der Waals surface area (Å²) in [5.41, 5.74) is 11.2. The van der Waals surface area contributed by atoms with E-state index in [1.54, 1.807) is 22.8 Å². The molecule has 2 aromatic carbocycles. The van der Waals surface area contributed by atoms with Gasteiger partial charge in [-0.1, -0.05) is 50.2 Å². The minimum Gasteiger partial charge on any atom is -0.378 e. The number of rotatable bonds is 17. The minimum atomic E-state index is -0.962. The van der Waals surface area contributed by atoms with Crippen molar-refractivity contribution in [2.24, 2.45) is 11.7 Å². The van der Waals surface area contributed by atoms with Crippen molar-refractivity contribution >= 4 is 51.6 Å². The summed E-state index contributed by atoms with van der Waals surface area (Å²) in [4.78, 5) is 75.9. The van der Waals surface area contributed by atoms with E-state index in [9.17, 15) is 24.0 Å². The number of amides is 4. The molecule has 6 N–H and O–H groups in total. The summed E-state index contributed by atoms with van der Waals surface area (Å²) >= 11 is 0. The van der Waals surface area contributed by atoms with Crippen LogP contribution < -0.4 is 31.9 Å². The molecule has 5 aromatic rings. The highest BCUT2D eigenvalue weighted by molar-refractivity contribution is 5.95. The average Bonchev–Trinajstić information content (AvgIpc) is 3.66. The number of aromatic nitrogens is 4. The van der Waals surface area contributed by atoms with Crippen molar-refractivity contribution in [3.63, 3.8) is 0 Å². The number of nitrogens with one attached hydrogen (secondary N) is 4. The highest BCUT2D eigenvalue weighted by Gasteiger charge is 2.28. The highest BCUT2D eigenvalue weighted by Crippen LogP contribution is 2.30. The van der Waals surface area contributed by atoms with Crippen LogP contribution in [0.5, 0.6) is 0 Å². The number of nitrogens with two attached hydrogens (primary N) is 1. The summed E-state index contributed by atoms with van der Waals surface area (Å²) in [6, 6.07) is 17.5. The molecular weight excluding hydrogens is 801 g/mol. The predicted octanol–water partition coefficient (Wildman–Crippen LogP) is 3.54. The largest absolute Gasteiger partial charge is 0.378 e. The first-order chi connectivity index (χ1) is 30.3. The van der Waals surface area contributed by atoms with Crippen LogP contribution in [0.1, 0.15) is 82.0 Å². The van der Waals surface area contributed by atoms with Gasteiger partial charge in [0, 0.05) is 36.1 Å². The molecule has 4 amide bonds. The van der Waals surface area contributed by atoms with Crippen LogP contribution in [-0.4, -0.2) is 106 Å². The molecule has 1 fully saturated rings. The van der Waals surface area contributed by atoms with Gasteiger partial charge in [-0.15, -0.1) is 0 Å². The number of morpholine rings is 1. The third-order valence-electron chi connectivity index (χ3n) is 10.7. The van der Waals surface area contributed by atoms with Crippen LogP contribution in [0.15, 0.2) is 72.9 Å². The number of fused-ring (bicyclic) bond motifs is 2. The van der Waals surface area contributed by atoms with Crippen molar-refractivity contribution in [3.05, 3.63) is 89.9 Å². The SMILES string of the molecule is CC(=O)[C@H](CCCCNC(=O)c1ccc(-c2c(C#Cc3ccc4ccccc4n3)nc3c(N4CCOCC4)ccnn23)cc1)NC(=O)[C@H](C)NC(=O)[C@H](CC(C)C)NC(=O)[C@H](C)N. The fraction of sp³-hybridized carbons (Fsp3) is 0.404. The number of Topliss-reactive ketones (excluding diaryl/α,β-unsaturated/α-hetero) is 1. The second kappa shape index (κ2) is 21.4. The van der Waals surface area contributed by atoms with E-state index >= 15 is 0 Å². The highest BCUT2D eigenvalue weighted by atomic mass is 16.5. The topological polar surface area (TPSA) is 215 Å². The molecule has 1 aliphatic rings. The second-order valence-electron chi connectivity index (χ2n) is 16.2. The number of benzene rings is 2. The van der Waals surface area contributed by atoms with Crippen LogP contribution in [0.2, 0.25) is 0 Å². The van der Waals surface area contributed by atoms with Crippen LogP contribution in [0.3, 0.4) is 0 Å². The number of ether oxygens (including phenoxy) is 1. The van der Waals surface area contributed by atoms with Gasteiger partial charge < -0.3 is 36.6 Å². The van der Waals surface area contributed by atoms with Crippen LogP contribution >= 0.6 is 0 Å². The third-order valence-corrected chi connectivity index (χ3v) is 10.7. The molecule has 4 heterocycles. The predicted molar refractivity (Wildman–Crippen MR) is 241 cm³/mol. The molecule has 4 atom stereocenters. The number of unbranched alkanes of at least 4 members (excludes halogenated alkanes) is 1. The summed E-state index contributed by atoms with van der Waals surface area (Å²) in [5, 5.41) is 16.7. The average molecular weight is 857 g/mol. The van der Waals surface area contributed by atoms with Crippen LogP contribution in [0, 0.1) is 17.8 Å². The van der Waals surface area contributed by atoms with E-state index in [4.69, 9.17) is 20.4 Å². The Morgan fingerprint density at radius 3 is 2.25 bits per heavy atom. The summed E-state index contributed by atoms with van der Waals surface area (Å²) in [7, 11) is 0. The van der Waals surface area contributed by atoms with Crippen molar-refractivity contribution in [1.82, 2.24) is 40.8 Å². The summed E-state index contributed by atoms with van der Waals surface area (Å²) in [6.45, 7) is 11.3. The number of para-hydroxylation sites is 1. The monoisotopic (exact) mass is 856 g/mol. The van der Waals surface area contributed by atoms with Gasteiger partial charge in [0.25, 0.3) is 5.91 Å². The number of hydrogen-bond acceptors (Lipinski definition) is 11. The molecule has 6 rings (SSSR count). The standard InChI is InChI=1S/C47H56N10O6/c1-29(2)28-40(55-44(59)30(3)48)47(62)51-31(4)45(60)54-37(32(5)58)11-8-9-22-49-46(61)35-15-13-34(14-16-35)42-39(20-19-36-18-17-33-10-6-7-12-38(33)52-36)53-43-41(21-23-50-57(42)43)56-24-26-63-27-25-56/h6-7,10,12-18,21,23,29-31,37,40H,8-9,11,22,24-28,48H2,1-5H3,(H,49,61)(H,51,62)(H,54,60)(H,55,59)/t30-,31-,37-,40-/m0/s1. The van der Waals surface area contributed by atoms with Crippen LogP contribution in [0.4, 0.5) is 5.69 Å². The molecule has 0 saturated carbocycles. The summed E-state index contributed by atoms with van der Waals surface area (Å²) in [5.74, 6) is 4.55. The van der Waals surface area contributed by atoms with Gasteiger partial charge in [0.05, 0.1) is 42.7 Å². The molecule has 1 saturated heterocycles. The molecule has 0 spiro atoms. The molecule has 0 bridgehead atoms. The molecular formula is C47H56N10O6. The molecule has 3 aromatic heterocycles. The number of anilines is 1. The van der Waals surface area contributed by atoms with Gasteiger partial charge in [0.15, 0.2) is 11.4 Å². The lowest BCUT2D eigenvalue weighted by molar-refractivity contribution is -0.133. The third kappa shape index (κ3) is 12.0. The first kappa shape index (κ1) is 45.8. The second-order valence-corrected chi connectivity index (χ2v) is 16.2. The number of nitrogens with zero attached hydrogens (tertiary/aromatic N) is 5. The Kier molecular flexibility index (Phi) is 15.6. The smallest absolute Gasteiger partial charge is 0.251 e. The van der Waals surface area contributed by atoms with E-state index in [1.165, 1.54) is 20.8 Å². The molecule has 0 radical (unpaired) electrons. The van der Waals surface area contributed by atoms with Gasteiger partial charge in [-0.3, -0.25) is 24.0 Å². The number of ketones is 1. The molecule has 16 nitrogen and oxygen atoms in total. The van der Waals surface area contributed by atoms with Gasteiger partial charge in [0.1, 0.15) is 29.2 Å². The quantitative estimate of drug-likeness (QED) is 0.0674. The van der Waals surface area contributed by atoms with Crippen molar-refractivity contribution in [2.75, 3.05) is 37.7 Å². The number of hydrogen-bond donors (Lipinski definition) is 5. The van der Waals surface area contributed by atoms with Crippen LogP contribution in [0.25, 0.3) is 27.8 Å². The van der Waals surface area contributed by atoms with Gasteiger partial charge in [-0.2, -0.15) is 5.10 Å². The normalized spacial score (nSPS) is 14.6. The molecule has 0 unspecified atom stereocenters. The van der Waals surface area contributed by atoms with Crippen molar-refractivity contribution < 1.29 is 28.7 Å². The Hall–Kier alpha value is -6.70. The van der Waals surface area contributed by atoms with Crippen molar-refractivity contribution in [2.45, 2.75) is 84.5 Å². The number of carbonyl (C=O) groups excluding carboxylic acids is 5. The molecule has 63 heavy (non-hydrogen) atoms. The maximum absolute atomic E-state index is 13.2. The summed E-state index contributed by atoms with van der Waals surface area (Å²) in [6.07, 6.45) is 3.54. The maximum atomic E-state index is 13.2. The van der Waals surface area contributed by atoms with E-state index < -0.39 is 41.9 Å². The van der Waals surface area contributed by atoms with Crippen LogP contribution in [-0.2, 0) is 23.9 Å². The Labute approximate surface area is 367 Å².